The first-order chi connectivity index (χ1) is 8.99. The summed E-state index contributed by atoms with van der Waals surface area (Å²) in [4.78, 5) is 12.6. The second kappa shape index (κ2) is 5.70. The van der Waals surface area contributed by atoms with Crippen molar-refractivity contribution in [3.8, 4) is 0 Å². The number of anilines is 1. The van der Waals surface area contributed by atoms with Gasteiger partial charge in [-0.25, -0.2) is 13.2 Å². The lowest BCUT2D eigenvalue weighted by atomic mass is 10.1. The lowest BCUT2D eigenvalue weighted by molar-refractivity contribution is 0.0955. The Bertz CT molecular complexity index is 591. The van der Waals surface area contributed by atoms with E-state index in [-0.39, 0.29) is 6.54 Å². The molecule has 0 saturated heterocycles. The Morgan fingerprint density at radius 1 is 1.35 bits per heavy atom. The Hall–Kier alpha value is -1.76. The molecule has 0 aromatic heterocycles. The van der Waals surface area contributed by atoms with Gasteiger partial charge in [0.1, 0.15) is 0 Å². The molecule has 0 aliphatic rings. The van der Waals surface area contributed by atoms with E-state index in [9.17, 15) is 18.3 Å². The highest BCUT2D eigenvalue weighted by Crippen LogP contribution is 2.19. The fourth-order valence-corrected chi connectivity index (χ4v) is 2.28. The summed E-state index contributed by atoms with van der Waals surface area (Å²) in [7, 11) is -3.35. The van der Waals surface area contributed by atoms with Crippen molar-refractivity contribution in [2.24, 2.45) is 0 Å². The molecule has 112 valence electrons. The van der Waals surface area contributed by atoms with Gasteiger partial charge in [0.15, 0.2) is 0 Å². The predicted octanol–water partition coefficient (Wildman–Crippen LogP) is 2.34. The lowest BCUT2D eigenvalue weighted by Crippen LogP contribution is -2.44. The second-order valence-electron chi connectivity index (χ2n) is 5.61. The van der Waals surface area contributed by atoms with E-state index in [2.05, 4.69) is 4.72 Å². The highest BCUT2D eigenvalue weighted by molar-refractivity contribution is 7.92. The van der Waals surface area contributed by atoms with Crippen molar-refractivity contribution in [2.45, 2.75) is 32.9 Å². The number of nitrogens with zero attached hydrogens (tertiary/aromatic N) is 1. The highest BCUT2D eigenvalue weighted by Gasteiger charge is 2.26. The normalized spacial score (nSPS) is 12.0. The van der Waals surface area contributed by atoms with Crippen molar-refractivity contribution in [3.05, 3.63) is 29.8 Å². The molecule has 0 saturated carbocycles. The molecule has 7 heteroatoms. The van der Waals surface area contributed by atoms with Crippen LogP contribution in [-0.4, -0.2) is 36.3 Å². The monoisotopic (exact) mass is 300 g/mol. The van der Waals surface area contributed by atoms with Crippen LogP contribution in [0.1, 0.15) is 26.3 Å². The smallest absolute Gasteiger partial charge is 0.408 e. The molecule has 1 aromatic rings. The zero-order valence-electron chi connectivity index (χ0n) is 12.0. The van der Waals surface area contributed by atoms with Crippen LogP contribution in [0.15, 0.2) is 24.3 Å². The molecule has 20 heavy (non-hydrogen) atoms. The summed E-state index contributed by atoms with van der Waals surface area (Å²) >= 11 is 0. The number of carboxylic acid groups (broad SMARTS) is 1. The van der Waals surface area contributed by atoms with Crippen molar-refractivity contribution >= 4 is 21.8 Å². The highest BCUT2D eigenvalue weighted by atomic mass is 32.2. The zero-order chi connectivity index (χ0) is 15.6. The van der Waals surface area contributed by atoms with Gasteiger partial charge in [-0.1, -0.05) is 12.1 Å². The minimum absolute atomic E-state index is 0.193. The average molecular weight is 300 g/mol. The molecule has 0 bridgehead atoms. The Kier molecular flexibility index (Phi) is 4.65. The number of rotatable bonds is 4. The maximum Gasteiger partial charge on any atom is 0.408 e. The molecule has 0 heterocycles. The maximum atomic E-state index is 11.3. The van der Waals surface area contributed by atoms with Crippen molar-refractivity contribution in [1.29, 1.82) is 0 Å². The van der Waals surface area contributed by atoms with Crippen LogP contribution in [0, 0.1) is 0 Å². The first-order valence-corrected chi connectivity index (χ1v) is 7.95. The molecule has 0 aliphatic carbocycles. The molecular formula is C13H20N2O4S. The van der Waals surface area contributed by atoms with Crippen LogP contribution in [0.4, 0.5) is 10.5 Å². The molecular weight excluding hydrogens is 280 g/mol. The van der Waals surface area contributed by atoms with Gasteiger partial charge in [-0.05, 0) is 38.5 Å². The van der Waals surface area contributed by atoms with Crippen molar-refractivity contribution in [1.82, 2.24) is 4.90 Å². The molecule has 0 spiro atoms. The molecule has 0 unspecified atom stereocenters. The van der Waals surface area contributed by atoms with E-state index in [4.69, 9.17) is 0 Å². The largest absolute Gasteiger partial charge is 0.465 e. The minimum atomic E-state index is -3.35. The summed E-state index contributed by atoms with van der Waals surface area (Å²) in [5, 5.41) is 9.24. The van der Waals surface area contributed by atoms with E-state index < -0.39 is 21.7 Å². The maximum absolute atomic E-state index is 11.3. The Morgan fingerprint density at radius 2 is 1.95 bits per heavy atom. The summed E-state index contributed by atoms with van der Waals surface area (Å²) in [5.41, 5.74) is 0.603. The molecule has 1 rings (SSSR count). The number of hydrogen-bond donors (Lipinski definition) is 2. The molecule has 1 amide bonds. The lowest BCUT2D eigenvalue weighted by Gasteiger charge is -2.33. The molecule has 2 N–H and O–H groups in total. The number of amides is 1. The van der Waals surface area contributed by atoms with Gasteiger partial charge in [-0.2, -0.15) is 0 Å². The van der Waals surface area contributed by atoms with E-state index in [1.165, 1.54) is 4.90 Å². The third-order valence-electron chi connectivity index (χ3n) is 2.61. The number of carbonyl (C=O) groups is 1. The molecule has 0 atom stereocenters. The van der Waals surface area contributed by atoms with E-state index >= 15 is 0 Å². The topological polar surface area (TPSA) is 86.7 Å². The van der Waals surface area contributed by atoms with Crippen molar-refractivity contribution in [2.75, 3.05) is 11.0 Å². The van der Waals surface area contributed by atoms with Crippen LogP contribution in [0.25, 0.3) is 0 Å². The second-order valence-corrected chi connectivity index (χ2v) is 7.36. The SMILES string of the molecule is CC(C)(C)N(Cc1cccc(NS(C)(=O)=O)c1)C(=O)O. The summed E-state index contributed by atoms with van der Waals surface area (Å²) in [6.07, 6.45) is 0.0530. The molecule has 0 radical (unpaired) electrons. The van der Waals surface area contributed by atoms with E-state index in [0.717, 1.165) is 11.8 Å². The van der Waals surface area contributed by atoms with Gasteiger partial charge < -0.3 is 5.11 Å². The van der Waals surface area contributed by atoms with Gasteiger partial charge >= 0.3 is 6.09 Å². The number of hydrogen-bond acceptors (Lipinski definition) is 3. The Balaban J connectivity index is 2.98. The fraction of sp³-hybridized carbons (Fsp3) is 0.462. The average Bonchev–Trinajstić information content (AvgIpc) is 2.22. The molecule has 0 aliphatic heterocycles. The van der Waals surface area contributed by atoms with Crippen LogP contribution in [0.2, 0.25) is 0 Å². The van der Waals surface area contributed by atoms with Crippen LogP contribution in [0.3, 0.4) is 0 Å². The Morgan fingerprint density at radius 3 is 2.40 bits per heavy atom. The van der Waals surface area contributed by atoms with Crippen molar-refractivity contribution < 1.29 is 18.3 Å². The fourth-order valence-electron chi connectivity index (χ4n) is 1.72. The Labute approximate surface area is 119 Å². The van der Waals surface area contributed by atoms with Gasteiger partial charge in [0.05, 0.1) is 6.26 Å². The third-order valence-corrected chi connectivity index (χ3v) is 3.22. The van der Waals surface area contributed by atoms with Crippen molar-refractivity contribution in [3.63, 3.8) is 0 Å². The van der Waals surface area contributed by atoms with Gasteiger partial charge in [-0.15, -0.1) is 0 Å². The quantitative estimate of drug-likeness (QED) is 0.893. The molecule has 0 fully saturated rings. The van der Waals surface area contributed by atoms with Crippen LogP contribution in [-0.2, 0) is 16.6 Å². The van der Waals surface area contributed by atoms with Gasteiger partial charge in [-0.3, -0.25) is 9.62 Å². The molecule has 1 aromatic carbocycles. The summed E-state index contributed by atoms with van der Waals surface area (Å²) in [5.74, 6) is 0. The summed E-state index contributed by atoms with van der Waals surface area (Å²) in [6.45, 7) is 5.61. The summed E-state index contributed by atoms with van der Waals surface area (Å²) < 4.78 is 24.7. The number of benzene rings is 1. The zero-order valence-corrected chi connectivity index (χ0v) is 12.9. The third kappa shape index (κ3) is 5.08. The standard InChI is InChI=1S/C13H20N2O4S/c1-13(2,3)15(12(16)17)9-10-6-5-7-11(8-10)14-20(4,18)19/h5-8,14H,9H2,1-4H3,(H,16,17). The van der Waals surface area contributed by atoms with Crippen LogP contribution in [0.5, 0.6) is 0 Å². The summed E-state index contributed by atoms with van der Waals surface area (Å²) in [6, 6.07) is 6.69. The van der Waals surface area contributed by atoms with Gasteiger partial charge in [0.2, 0.25) is 10.0 Å². The van der Waals surface area contributed by atoms with Crippen LogP contribution >= 0.6 is 0 Å². The number of sulfonamides is 1. The number of nitrogens with one attached hydrogen (secondary N) is 1. The predicted molar refractivity (Wildman–Crippen MR) is 78.2 cm³/mol. The molecule has 6 nitrogen and oxygen atoms in total. The van der Waals surface area contributed by atoms with E-state index in [1.54, 1.807) is 45.0 Å². The van der Waals surface area contributed by atoms with Gasteiger partial charge in [0.25, 0.3) is 0 Å². The van der Waals surface area contributed by atoms with E-state index in [1.807, 2.05) is 0 Å². The van der Waals surface area contributed by atoms with Gasteiger partial charge in [0, 0.05) is 17.8 Å². The van der Waals surface area contributed by atoms with E-state index in [0.29, 0.717) is 5.69 Å². The first kappa shape index (κ1) is 16.3. The van der Waals surface area contributed by atoms with Crippen LogP contribution < -0.4 is 4.72 Å². The minimum Gasteiger partial charge on any atom is -0.465 e. The first-order valence-electron chi connectivity index (χ1n) is 6.06.